The van der Waals surface area contributed by atoms with Crippen LogP contribution in [-0.2, 0) is 6.42 Å². The van der Waals surface area contributed by atoms with Crippen molar-refractivity contribution in [2.24, 2.45) is 5.92 Å². The molecule has 0 spiro atoms. The van der Waals surface area contributed by atoms with Gasteiger partial charge in [0.25, 0.3) is 0 Å². The molecule has 0 radical (unpaired) electrons. The second-order valence-electron chi connectivity index (χ2n) is 6.58. The quantitative estimate of drug-likeness (QED) is 0.852. The molecule has 20 heavy (non-hydrogen) atoms. The van der Waals surface area contributed by atoms with Gasteiger partial charge in [-0.25, -0.2) is 0 Å². The minimum Gasteiger partial charge on any atom is -0.370 e. The highest BCUT2D eigenvalue weighted by molar-refractivity contribution is 5.56. The standard InChI is InChI=1S/C18H28N2/c1-3-10-19-17(15-7-8-15)13-20-11-4-5-16-12-14(2)6-9-18(16)20/h6,9,12,15,17,19H,3-5,7-8,10-11,13H2,1-2H3. The van der Waals surface area contributed by atoms with Crippen LogP contribution < -0.4 is 10.2 Å². The minimum atomic E-state index is 0.696. The van der Waals surface area contributed by atoms with Gasteiger partial charge in [0.15, 0.2) is 0 Å². The zero-order valence-electron chi connectivity index (χ0n) is 13.0. The lowest BCUT2D eigenvalue weighted by atomic mass is 9.98. The number of fused-ring (bicyclic) bond motifs is 1. The molecule has 3 rings (SSSR count). The number of hydrogen-bond donors (Lipinski definition) is 1. The summed E-state index contributed by atoms with van der Waals surface area (Å²) >= 11 is 0. The Kier molecular flexibility index (Phi) is 4.30. The number of benzene rings is 1. The fourth-order valence-electron chi connectivity index (χ4n) is 3.44. The average molecular weight is 272 g/mol. The highest BCUT2D eigenvalue weighted by atomic mass is 15.2. The summed E-state index contributed by atoms with van der Waals surface area (Å²) < 4.78 is 0. The van der Waals surface area contributed by atoms with Crippen LogP contribution in [0.15, 0.2) is 18.2 Å². The molecule has 2 nitrogen and oxygen atoms in total. The fourth-order valence-corrected chi connectivity index (χ4v) is 3.44. The van der Waals surface area contributed by atoms with E-state index in [-0.39, 0.29) is 0 Å². The summed E-state index contributed by atoms with van der Waals surface area (Å²) in [6.07, 6.45) is 6.65. The molecule has 2 heteroatoms. The number of hydrogen-bond acceptors (Lipinski definition) is 2. The third kappa shape index (κ3) is 3.17. The Morgan fingerprint density at radius 1 is 1.35 bits per heavy atom. The Bertz CT molecular complexity index is 451. The summed E-state index contributed by atoms with van der Waals surface area (Å²) in [7, 11) is 0. The molecule has 1 N–H and O–H groups in total. The molecule has 1 atom stereocenters. The Morgan fingerprint density at radius 3 is 2.95 bits per heavy atom. The summed E-state index contributed by atoms with van der Waals surface area (Å²) in [5.41, 5.74) is 4.44. The first-order chi connectivity index (χ1) is 9.78. The largest absolute Gasteiger partial charge is 0.370 e. The summed E-state index contributed by atoms with van der Waals surface area (Å²) in [5.74, 6) is 0.928. The van der Waals surface area contributed by atoms with Crippen molar-refractivity contribution in [2.75, 3.05) is 24.5 Å². The normalized spacial score (nSPS) is 19.8. The van der Waals surface area contributed by atoms with Crippen LogP contribution in [0.25, 0.3) is 0 Å². The molecule has 0 bridgehead atoms. The zero-order chi connectivity index (χ0) is 13.9. The topological polar surface area (TPSA) is 15.3 Å². The van der Waals surface area contributed by atoms with Gasteiger partial charge < -0.3 is 10.2 Å². The second-order valence-corrected chi connectivity index (χ2v) is 6.58. The van der Waals surface area contributed by atoms with Crippen LogP contribution in [0.1, 0.15) is 43.7 Å². The van der Waals surface area contributed by atoms with Crippen molar-refractivity contribution in [2.45, 2.75) is 52.0 Å². The third-order valence-electron chi connectivity index (χ3n) is 4.71. The molecule has 1 aliphatic carbocycles. The lowest BCUT2D eigenvalue weighted by Crippen LogP contribution is -2.44. The maximum atomic E-state index is 3.78. The highest BCUT2D eigenvalue weighted by Gasteiger charge is 2.32. The molecular weight excluding hydrogens is 244 g/mol. The first-order valence-corrected chi connectivity index (χ1v) is 8.36. The predicted octanol–water partition coefficient (Wildman–Crippen LogP) is 3.53. The molecule has 0 amide bonds. The van der Waals surface area contributed by atoms with Crippen molar-refractivity contribution in [3.8, 4) is 0 Å². The lowest BCUT2D eigenvalue weighted by molar-refractivity contribution is 0.452. The molecule has 1 aliphatic heterocycles. The van der Waals surface area contributed by atoms with Gasteiger partial charge >= 0.3 is 0 Å². The molecule has 1 saturated carbocycles. The fraction of sp³-hybridized carbons (Fsp3) is 0.667. The molecule has 0 aromatic heterocycles. The minimum absolute atomic E-state index is 0.696. The van der Waals surface area contributed by atoms with E-state index in [1.54, 1.807) is 5.56 Å². The summed E-state index contributed by atoms with van der Waals surface area (Å²) in [5, 5.41) is 3.78. The predicted molar refractivity (Wildman–Crippen MR) is 86.5 cm³/mol. The second kappa shape index (κ2) is 6.17. The van der Waals surface area contributed by atoms with E-state index in [1.807, 2.05) is 0 Å². The maximum Gasteiger partial charge on any atom is 0.0399 e. The van der Waals surface area contributed by atoms with Gasteiger partial charge in [0, 0.05) is 24.8 Å². The summed E-state index contributed by atoms with van der Waals surface area (Å²) in [6, 6.07) is 7.69. The Hall–Kier alpha value is -1.02. The smallest absolute Gasteiger partial charge is 0.0399 e. The maximum absolute atomic E-state index is 3.78. The number of nitrogens with one attached hydrogen (secondary N) is 1. The van der Waals surface area contributed by atoms with E-state index in [9.17, 15) is 0 Å². The van der Waals surface area contributed by atoms with Crippen LogP contribution in [0.3, 0.4) is 0 Å². The lowest BCUT2D eigenvalue weighted by Gasteiger charge is -2.35. The van der Waals surface area contributed by atoms with E-state index in [0.29, 0.717) is 6.04 Å². The first-order valence-electron chi connectivity index (χ1n) is 8.36. The van der Waals surface area contributed by atoms with Crippen molar-refractivity contribution < 1.29 is 0 Å². The number of nitrogens with zero attached hydrogens (tertiary/aromatic N) is 1. The molecule has 1 fully saturated rings. The van der Waals surface area contributed by atoms with Gasteiger partial charge in [-0.2, -0.15) is 0 Å². The van der Waals surface area contributed by atoms with Gasteiger partial charge in [0.1, 0.15) is 0 Å². The van der Waals surface area contributed by atoms with Crippen molar-refractivity contribution in [3.05, 3.63) is 29.3 Å². The molecule has 1 unspecified atom stereocenters. The van der Waals surface area contributed by atoms with Crippen molar-refractivity contribution in [1.29, 1.82) is 0 Å². The van der Waals surface area contributed by atoms with Crippen LogP contribution in [0.5, 0.6) is 0 Å². The van der Waals surface area contributed by atoms with Gasteiger partial charge in [-0.05, 0) is 63.1 Å². The van der Waals surface area contributed by atoms with Crippen LogP contribution >= 0.6 is 0 Å². The van der Waals surface area contributed by atoms with Gasteiger partial charge in [-0.15, -0.1) is 0 Å². The Labute approximate surface area is 123 Å². The van der Waals surface area contributed by atoms with Gasteiger partial charge in [0.05, 0.1) is 0 Å². The SMILES string of the molecule is CCCNC(CN1CCCc2cc(C)ccc21)C1CC1. The van der Waals surface area contributed by atoms with Gasteiger partial charge in [0.2, 0.25) is 0 Å². The van der Waals surface area contributed by atoms with E-state index in [1.165, 1.54) is 56.4 Å². The Morgan fingerprint density at radius 2 is 2.20 bits per heavy atom. The Balaban J connectivity index is 1.71. The monoisotopic (exact) mass is 272 g/mol. The molecule has 1 heterocycles. The van der Waals surface area contributed by atoms with E-state index in [4.69, 9.17) is 0 Å². The molecule has 1 aromatic carbocycles. The van der Waals surface area contributed by atoms with Gasteiger partial charge in [-0.1, -0.05) is 24.6 Å². The van der Waals surface area contributed by atoms with E-state index in [2.05, 4.69) is 42.3 Å². The molecule has 2 aliphatic rings. The van der Waals surface area contributed by atoms with Gasteiger partial charge in [-0.3, -0.25) is 0 Å². The molecule has 1 aromatic rings. The van der Waals surface area contributed by atoms with Crippen molar-refractivity contribution >= 4 is 5.69 Å². The van der Waals surface area contributed by atoms with E-state index >= 15 is 0 Å². The zero-order valence-corrected chi connectivity index (χ0v) is 13.0. The summed E-state index contributed by atoms with van der Waals surface area (Å²) in [6.45, 7) is 8.05. The van der Waals surface area contributed by atoms with E-state index in [0.717, 1.165) is 12.5 Å². The van der Waals surface area contributed by atoms with Crippen LogP contribution in [-0.4, -0.2) is 25.7 Å². The average Bonchev–Trinajstić information content (AvgIpc) is 3.27. The number of anilines is 1. The van der Waals surface area contributed by atoms with Crippen LogP contribution in [0, 0.1) is 12.8 Å². The number of aryl methyl sites for hydroxylation is 2. The number of rotatable bonds is 6. The first kappa shape index (κ1) is 13.9. The van der Waals surface area contributed by atoms with Crippen molar-refractivity contribution in [3.63, 3.8) is 0 Å². The van der Waals surface area contributed by atoms with Crippen LogP contribution in [0.4, 0.5) is 5.69 Å². The molecular formula is C18H28N2. The van der Waals surface area contributed by atoms with E-state index < -0.39 is 0 Å². The highest BCUT2D eigenvalue weighted by Crippen LogP contribution is 2.35. The third-order valence-corrected chi connectivity index (χ3v) is 4.71. The molecule has 0 saturated heterocycles. The molecule has 110 valence electrons. The summed E-state index contributed by atoms with van der Waals surface area (Å²) in [4.78, 5) is 2.63. The van der Waals surface area contributed by atoms with Crippen molar-refractivity contribution in [1.82, 2.24) is 5.32 Å². The van der Waals surface area contributed by atoms with Crippen LogP contribution in [0.2, 0.25) is 0 Å².